The third kappa shape index (κ3) is 6.22. The lowest BCUT2D eigenvalue weighted by Gasteiger charge is -2.28. The zero-order valence-corrected chi connectivity index (χ0v) is 14.7. The van der Waals surface area contributed by atoms with Gasteiger partial charge in [0.15, 0.2) is 0 Å². The molecule has 0 aliphatic heterocycles. The first-order valence-corrected chi connectivity index (χ1v) is 7.37. The molecule has 7 heteroatoms. The lowest BCUT2D eigenvalue weighted by Crippen LogP contribution is -2.43. The van der Waals surface area contributed by atoms with Crippen molar-refractivity contribution >= 4 is 29.6 Å². The first kappa shape index (κ1) is 19.4. The molecular formula is C17H22N2O5. The van der Waals surface area contributed by atoms with Crippen molar-refractivity contribution in [3.8, 4) is 0 Å². The van der Waals surface area contributed by atoms with E-state index in [0.717, 1.165) is 4.90 Å². The topological polar surface area (TPSA) is 85.3 Å². The Kier molecular flexibility index (Phi) is 5.88. The number of amides is 2. The maximum Gasteiger partial charge on any atom is 0.424 e. The molecule has 0 heterocycles. The fourth-order valence-electron chi connectivity index (χ4n) is 1.65. The van der Waals surface area contributed by atoms with Gasteiger partial charge in [0, 0.05) is 0 Å². The average Bonchev–Trinajstić information content (AvgIpc) is 2.35. The van der Waals surface area contributed by atoms with Gasteiger partial charge in [-0.25, -0.2) is 14.4 Å². The maximum absolute atomic E-state index is 12.5. The number of imide groups is 1. The van der Waals surface area contributed by atoms with E-state index in [1.165, 1.54) is 24.3 Å². The molecule has 0 fully saturated rings. The summed E-state index contributed by atoms with van der Waals surface area (Å²) in [4.78, 5) is 39.6. The molecule has 24 heavy (non-hydrogen) atoms. The Morgan fingerprint density at radius 3 is 1.92 bits per heavy atom. The first-order chi connectivity index (χ1) is 10.9. The third-order valence-electron chi connectivity index (χ3n) is 2.41. The molecule has 0 saturated carbocycles. The smallest absolute Gasteiger partial charge is 0.424 e. The standard InChI is InChI=1S/C17H22N2O5/c1-16(2,3)23-14(21)19(15(22)24-17(4,5)6)13-9-7-8-12(10-13)18-11-20/h7-10H,1-6H3. The first-order valence-electron chi connectivity index (χ1n) is 7.37. The number of isocyanates is 1. The van der Waals surface area contributed by atoms with Crippen molar-refractivity contribution in [3.63, 3.8) is 0 Å². The zero-order chi connectivity index (χ0) is 18.5. The highest BCUT2D eigenvalue weighted by Crippen LogP contribution is 2.25. The molecule has 0 unspecified atom stereocenters. The minimum Gasteiger partial charge on any atom is -0.443 e. The van der Waals surface area contributed by atoms with Crippen LogP contribution < -0.4 is 4.90 Å². The second-order valence-corrected chi connectivity index (χ2v) is 7.02. The van der Waals surface area contributed by atoms with Gasteiger partial charge in [-0.05, 0) is 59.7 Å². The number of aliphatic imine (C=N–C) groups is 1. The number of ether oxygens (including phenoxy) is 2. The van der Waals surface area contributed by atoms with Crippen molar-refractivity contribution in [3.05, 3.63) is 24.3 Å². The molecule has 1 aromatic carbocycles. The quantitative estimate of drug-likeness (QED) is 0.593. The van der Waals surface area contributed by atoms with Gasteiger partial charge in [0.25, 0.3) is 0 Å². The van der Waals surface area contributed by atoms with Gasteiger partial charge in [-0.1, -0.05) is 6.07 Å². The molecule has 1 rings (SSSR count). The number of rotatable bonds is 2. The van der Waals surface area contributed by atoms with Crippen molar-refractivity contribution in [1.29, 1.82) is 0 Å². The van der Waals surface area contributed by atoms with Gasteiger partial charge in [0.1, 0.15) is 11.2 Å². The Morgan fingerprint density at radius 1 is 1.00 bits per heavy atom. The highest BCUT2D eigenvalue weighted by Gasteiger charge is 2.32. The summed E-state index contributed by atoms with van der Waals surface area (Å²) in [6, 6.07) is 5.99. The summed E-state index contributed by atoms with van der Waals surface area (Å²) < 4.78 is 10.5. The Balaban J connectivity index is 3.27. The van der Waals surface area contributed by atoms with Crippen LogP contribution in [0.2, 0.25) is 0 Å². The summed E-state index contributed by atoms with van der Waals surface area (Å²) in [6.07, 6.45) is -0.361. The van der Waals surface area contributed by atoms with Crippen molar-refractivity contribution in [2.75, 3.05) is 4.90 Å². The van der Waals surface area contributed by atoms with E-state index in [0.29, 0.717) is 0 Å². The highest BCUT2D eigenvalue weighted by atomic mass is 16.6. The van der Waals surface area contributed by atoms with Crippen LogP contribution in [0.25, 0.3) is 0 Å². The van der Waals surface area contributed by atoms with Crippen LogP contribution in [0.1, 0.15) is 41.5 Å². The van der Waals surface area contributed by atoms with E-state index in [9.17, 15) is 14.4 Å². The Bertz CT molecular complexity index is 636. The molecule has 0 spiro atoms. The predicted octanol–water partition coefficient (Wildman–Crippen LogP) is 4.33. The van der Waals surface area contributed by atoms with Crippen LogP contribution in [0.4, 0.5) is 21.0 Å². The largest absolute Gasteiger partial charge is 0.443 e. The van der Waals surface area contributed by atoms with E-state index >= 15 is 0 Å². The van der Waals surface area contributed by atoms with Gasteiger partial charge in [-0.15, -0.1) is 0 Å². The molecule has 2 amide bonds. The van der Waals surface area contributed by atoms with E-state index in [1.54, 1.807) is 47.6 Å². The summed E-state index contributed by atoms with van der Waals surface area (Å²) in [6.45, 7) is 10.1. The number of hydrogen-bond acceptors (Lipinski definition) is 6. The minimum absolute atomic E-state index is 0.176. The molecule has 7 nitrogen and oxygen atoms in total. The second kappa shape index (κ2) is 7.27. The molecule has 0 saturated heterocycles. The van der Waals surface area contributed by atoms with E-state index < -0.39 is 23.4 Å². The molecule has 0 aliphatic rings. The van der Waals surface area contributed by atoms with Crippen LogP contribution in [-0.4, -0.2) is 29.5 Å². The molecule has 130 valence electrons. The Hall–Kier alpha value is -2.66. The van der Waals surface area contributed by atoms with Gasteiger partial charge < -0.3 is 9.47 Å². The van der Waals surface area contributed by atoms with Crippen LogP contribution in [0, 0.1) is 0 Å². The molecule has 0 N–H and O–H groups in total. The van der Waals surface area contributed by atoms with Gasteiger partial charge in [-0.3, -0.25) is 0 Å². The molecule has 0 bridgehead atoms. The van der Waals surface area contributed by atoms with Crippen molar-refractivity contribution in [1.82, 2.24) is 0 Å². The summed E-state index contributed by atoms with van der Waals surface area (Å²) >= 11 is 0. The molecular weight excluding hydrogens is 312 g/mol. The SMILES string of the molecule is CC(C)(C)OC(=O)N(C(=O)OC(C)(C)C)c1cccc(N=C=O)c1. The summed E-state index contributed by atoms with van der Waals surface area (Å²) in [7, 11) is 0. The van der Waals surface area contributed by atoms with Crippen molar-refractivity contribution < 1.29 is 23.9 Å². The number of hydrogen-bond donors (Lipinski definition) is 0. The summed E-state index contributed by atoms with van der Waals surface area (Å²) in [5, 5.41) is 0. The fourth-order valence-corrected chi connectivity index (χ4v) is 1.65. The lowest BCUT2D eigenvalue weighted by atomic mass is 10.2. The molecule has 0 aromatic heterocycles. The Morgan fingerprint density at radius 2 is 1.50 bits per heavy atom. The van der Waals surface area contributed by atoms with Gasteiger partial charge in [0.05, 0.1) is 11.4 Å². The van der Waals surface area contributed by atoms with Crippen LogP contribution in [-0.2, 0) is 14.3 Å². The van der Waals surface area contributed by atoms with Gasteiger partial charge in [-0.2, -0.15) is 9.89 Å². The summed E-state index contributed by atoms with van der Waals surface area (Å²) in [5.41, 5.74) is -1.17. The number of benzene rings is 1. The fraction of sp³-hybridized carbons (Fsp3) is 0.471. The molecule has 0 radical (unpaired) electrons. The normalized spacial score (nSPS) is 11.2. The van der Waals surface area contributed by atoms with Crippen molar-refractivity contribution in [2.24, 2.45) is 4.99 Å². The van der Waals surface area contributed by atoms with E-state index in [4.69, 9.17) is 9.47 Å². The van der Waals surface area contributed by atoms with Crippen LogP contribution >= 0.6 is 0 Å². The molecule has 0 aliphatic carbocycles. The van der Waals surface area contributed by atoms with Crippen LogP contribution in [0.3, 0.4) is 0 Å². The van der Waals surface area contributed by atoms with Crippen molar-refractivity contribution in [2.45, 2.75) is 52.7 Å². The van der Waals surface area contributed by atoms with E-state index in [1.807, 2.05) is 0 Å². The maximum atomic E-state index is 12.5. The number of nitrogens with zero attached hydrogens (tertiary/aromatic N) is 2. The predicted molar refractivity (Wildman–Crippen MR) is 89.2 cm³/mol. The van der Waals surface area contributed by atoms with Crippen LogP contribution in [0.15, 0.2) is 29.3 Å². The van der Waals surface area contributed by atoms with Gasteiger partial charge >= 0.3 is 12.2 Å². The number of carbonyl (C=O) groups excluding carboxylic acids is 3. The van der Waals surface area contributed by atoms with Crippen LogP contribution in [0.5, 0.6) is 0 Å². The lowest BCUT2D eigenvalue weighted by molar-refractivity contribution is 0.0431. The molecule has 1 aromatic rings. The highest BCUT2D eigenvalue weighted by molar-refractivity contribution is 6.09. The van der Waals surface area contributed by atoms with E-state index in [2.05, 4.69) is 4.99 Å². The molecule has 0 atom stereocenters. The van der Waals surface area contributed by atoms with Gasteiger partial charge in [0.2, 0.25) is 6.08 Å². The van der Waals surface area contributed by atoms with E-state index in [-0.39, 0.29) is 11.4 Å². The third-order valence-corrected chi connectivity index (χ3v) is 2.41. The Labute approximate surface area is 141 Å². The second-order valence-electron chi connectivity index (χ2n) is 7.02. The zero-order valence-electron chi connectivity index (χ0n) is 14.7. The number of anilines is 1. The summed E-state index contributed by atoms with van der Waals surface area (Å²) in [5.74, 6) is 0. The average molecular weight is 334 g/mol. The number of carbonyl (C=O) groups is 2. The monoisotopic (exact) mass is 334 g/mol. The minimum atomic E-state index is -0.885.